The predicted octanol–water partition coefficient (Wildman–Crippen LogP) is 4.71. The number of ether oxygens (including phenoxy) is 1. The zero-order valence-corrected chi connectivity index (χ0v) is 14.9. The number of aromatic nitrogens is 1. The second-order valence-corrected chi connectivity index (χ2v) is 7.25. The second kappa shape index (κ2) is 6.52. The van der Waals surface area contributed by atoms with Gasteiger partial charge in [-0.15, -0.1) is 0 Å². The number of fused-ring (bicyclic) bond motifs is 1. The van der Waals surface area contributed by atoms with Gasteiger partial charge in [-0.1, -0.05) is 0 Å². The van der Waals surface area contributed by atoms with Crippen molar-refractivity contribution in [1.29, 1.82) is 0 Å². The molecule has 24 heavy (non-hydrogen) atoms. The molecule has 1 aromatic heterocycles. The Balaban J connectivity index is 1.58. The van der Waals surface area contributed by atoms with E-state index in [4.69, 9.17) is 9.72 Å². The van der Waals surface area contributed by atoms with Crippen LogP contribution >= 0.6 is 0 Å². The summed E-state index contributed by atoms with van der Waals surface area (Å²) < 4.78 is 6.21. The van der Waals surface area contributed by atoms with Crippen LogP contribution in [0.15, 0.2) is 71.7 Å². The molecule has 1 heterocycles. The first-order valence-corrected chi connectivity index (χ1v) is 9.52. The van der Waals surface area contributed by atoms with Crippen LogP contribution in [-0.2, 0) is 0 Å². The van der Waals surface area contributed by atoms with Gasteiger partial charge in [0.15, 0.2) is 0 Å². The summed E-state index contributed by atoms with van der Waals surface area (Å²) in [6.07, 6.45) is 0. The molecule has 0 saturated carbocycles. The van der Waals surface area contributed by atoms with Crippen LogP contribution in [0.25, 0.3) is 22.0 Å². The van der Waals surface area contributed by atoms with Gasteiger partial charge in [-0.3, -0.25) is 0 Å². The molecule has 0 fully saturated rings. The molecular weight excluding hydrogens is 363 g/mol. The van der Waals surface area contributed by atoms with Gasteiger partial charge >= 0.3 is 146 Å². The fraction of sp³-hybridized carbons (Fsp3) is 0.0500. The summed E-state index contributed by atoms with van der Waals surface area (Å²) in [4.78, 5) is 6.99. The van der Waals surface area contributed by atoms with E-state index in [1.54, 1.807) is 7.11 Å². The molecule has 4 rings (SSSR count). The van der Waals surface area contributed by atoms with Crippen molar-refractivity contribution >= 4 is 35.7 Å². The molecule has 1 N–H and O–H groups in total. The van der Waals surface area contributed by atoms with E-state index in [2.05, 4.69) is 52.7 Å². The number of hydrogen-bond donors (Lipinski definition) is 1. The van der Waals surface area contributed by atoms with E-state index in [0.29, 0.717) is 0 Å². The van der Waals surface area contributed by atoms with E-state index in [9.17, 15) is 0 Å². The predicted molar refractivity (Wildman–Crippen MR) is 100 cm³/mol. The van der Waals surface area contributed by atoms with Crippen LogP contribution in [0.3, 0.4) is 0 Å². The van der Waals surface area contributed by atoms with Gasteiger partial charge < -0.3 is 0 Å². The molecule has 3 nitrogen and oxygen atoms in total. The van der Waals surface area contributed by atoms with E-state index >= 15 is 0 Å². The third-order valence-electron chi connectivity index (χ3n) is 3.89. The molecule has 0 amide bonds. The van der Waals surface area contributed by atoms with Crippen molar-refractivity contribution in [2.45, 2.75) is 0 Å². The first-order valence-electron chi connectivity index (χ1n) is 7.67. The van der Waals surface area contributed by atoms with Crippen molar-refractivity contribution in [2.75, 3.05) is 12.4 Å². The van der Waals surface area contributed by atoms with E-state index in [1.165, 1.54) is 16.3 Å². The van der Waals surface area contributed by atoms with Crippen LogP contribution in [-0.4, -0.2) is 26.6 Å². The fourth-order valence-corrected chi connectivity index (χ4v) is 4.16. The summed E-state index contributed by atoms with van der Waals surface area (Å²) in [6.45, 7) is 0. The number of methoxy groups -OCH3 is 1. The van der Waals surface area contributed by atoms with Crippen LogP contribution < -0.4 is 10.1 Å². The Morgan fingerprint density at radius 1 is 0.917 bits per heavy atom. The normalized spacial score (nSPS) is 10.7. The maximum absolute atomic E-state index is 5.18. The third kappa shape index (κ3) is 3.07. The molecule has 4 heteroatoms. The van der Waals surface area contributed by atoms with Crippen LogP contribution in [0.4, 0.5) is 10.4 Å². The standard InChI is InChI=1S/C20H16N2OSe/c1-23-18-10-8-17(9-11-18)21-20-22-19(13-24-20)16-7-6-14-4-2-3-5-15(14)12-16/h2-13H,1H3,(H,21,22). The first kappa shape index (κ1) is 15.0. The molecule has 0 saturated heterocycles. The van der Waals surface area contributed by atoms with Crippen LogP contribution in [0, 0.1) is 0 Å². The average Bonchev–Trinajstić information content (AvgIpc) is 3.10. The van der Waals surface area contributed by atoms with Crippen molar-refractivity contribution in [2.24, 2.45) is 0 Å². The monoisotopic (exact) mass is 380 g/mol. The third-order valence-corrected chi connectivity index (χ3v) is 5.48. The summed E-state index contributed by atoms with van der Waals surface area (Å²) >= 11 is 0.223. The van der Waals surface area contributed by atoms with Crippen LogP contribution in [0.1, 0.15) is 0 Å². The molecule has 0 unspecified atom stereocenters. The summed E-state index contributed by atoms with van der Waals surface area (Å²) in [6, 6.07) is 22.8. The summed E-state index contributed by atoms with van der Waals surface area (Å²) in [5.74, 6) is 0.856. The molecule has 118 valence electrons. The fourth-order valence-electron chi connectivity index (χ4n) is 2.61. The zero-order chi connectivity index (χ0) is 16.4. The molecule has 0 atom stereocenters. The van der Waals surface area contributed by atoms with Crippen molar-refractivity contribution < 1.29 is 4.74 Å². The van der Waals surface area contributed by atoms with Gasteiger partial charge in [0.05, 0.1) is 0 Å². The number of anilines is 2. The van der Waals surface area contributed by atoms with Gasteiger partial charge in [0.1, 0.15) is 0 Å². The first-order chi connectivity index (χ1) is 11.8. The summed E-state index contributed by atoms with van der Waals surface area (Å²) in [7, 11) is 1.67. The number of rotatable bonds is 4. The maximum atomic E-state index is 5.18. The Kier molecular flexibility index (Phi) is 4.08. The SMILES string of the molecule is COc1ccc(Nc2nc(-c3ccc4ccccc4c3)c[se]2)cc1. The average molecular weight is 379 g/mol. The molecule has 0 bridgehead atoms. The molecule has 3 aromatic carbocycles. The van der Waals surface area contributed by atoms with Gasteiger partial charge in [-0.2, -0.15) is 0 Å². The van der Waals surface area contributed by atoms with E-state index < -0.39 is 0 Å². The molecule has 0 aliphatic heterocycles. The van der Waals surface area contributed by atoms with Gasteiger partial charge in [0, 0.05) is 0 Å². The minimum absolute atomic E-state index is 0.223. The van der Waals surface area contributed by atoms with Crippen molar-refractivity contribution in [1.82, 2.24) is 4.98 Å². The van der Waals surface area contributed by atoms with Gasteiger partial charge in [0.25, 0.3) is 0 Å². The number of nitrogens with one attached hydrogen (secondary N) is 1. The summed E-state index contributed by atoms with van der Waals surface area (Å²) in [5, 5.41) is 5.90. The van der Waals surface area contributed by atoms with Crippen LogP contribution in [0.2, 0.25) is 0 Å². The number of nitrogens with zero attached hydrogens (tertiary/aromatic N) is 1. The van der Waals surface area contributed by atoms with E-state index in [-0.39, 0.29) is 14.5 Å². The molecule has 4 aromatic rings. The van der Waals surface area contributed by atoms with Gasteiger partial charge in [-0.25, -0.2) is 0 Å². The molecule has 0 aliphatic rings. The van der Waals surface area contributed by atoms with Crippen molar-refractivity contribution in [3.63, 3.8) is 0 Å². The van der Waals surface area contributed by atoms with E-state index in [1.807, 2.05) is 24.3 Å². The zero-order valence-electron chi connectivity index (χ0n) is 13.2. The van der Waals surface area contributed by atoms with Gasteiger partial charge in [-0.05, 0) is 0 Å². The Bertz CT molecular complexity index is 976. The molecule has 0 spiro atoms. The van der Waals surface area contributed by atoms with Gasteiger partial charge in [0.2, 0.25) is 0 Å². The van der Waals surface area contributed by atoms with E-state index in [0.717, 1.165) is 21.8 Å². The minimum atomic E-state index is 0.223. The number of benzene rings is 3. The second-order valence-electron chi connectivity index (χ2n) is 5.45. The quantitative estimate of drug-likeness (QED) is 0.522. The molecule has 0 aliphatic carbocycles. The Morgan fingerprint density at radius 2 is 1.71 bits per heavy atom. The molecular formula is C20H16N2OSe. The summed E-state index contributed by atoms with van der Waals surface area (Å²) in [5.41, 5.74) is 3.25. The Hall–Kier alpha value is -2.55. The van der Waals surface area contributed by atoms with Crippen molar-refractivity contribution in [3.05, 3.63) is 71.7 Å². The Morgan fingerprint density at radius 3 is 2.50 bits per heavy atom. The molecule has 0 radical (unpaired) electrons. The number of hydrogen-bond acceptors (Lipinski definition) is 3. The Labute approximate surface area is 146 Å². The topological polar surface area (TPSA) is 34.1 Å². The van der Waals surface area contributed by atoms with Crippen LogP contribution in [0.5, 0.6) is 5.75 Å². The van der Waals surface area contributed by atoms with Crippen molar-refractivity contribution in [3.8, 4) is 17.0 Å².